The molecule has 11 heteroatoms. The summed E-state index contributed by atoms with van der Waals surface area (Å²) in [6.45, 7) is 6.48. The SMILES string of the molecule is Cc1cc(NC(=O)CN(C)C(=O)c2ccc(Cl)c(S(=O)(=O)NC(C)(C)C)c2)no1. The predicted molar refractivity (Wildman–Crippen MR) is 108 cm³/mol. The highest BCUT2D eigenvalue weighted by Crippen LogP contribution is 2.24. The molecule has 0 aliphatic heterocycles. The lowest BCUT2D eigenvalue weighted by molar-refractivity contribution is -0.116. The van der Waals surface area contributed by atoms with Crippen molar-refractivity contribution in [3.63, 3.8) is 0 Å². The van der Waals surface area contributed by atoms with E-state index in [0.29, 0.717) is 5.76 Å². The number of anilines is 1. The van der Waals surface area contributed by atoms with Gasteiger partial charge in [0, 0.05) is 24.2 Å². The molecular weight excluding hydrogens is 420 g/mol. The van der Waals surface area contributed by atoms with E-state index in [1.807, 2.05) is 0 Å². The van der Waals surface area contributed by atoms with Crippen molar-refractivity contribution >= 4 is 39.3 Å². The number of benzene rings is 1. The summed E-state index contributed by atoms with van der Waals surface area (Å²) >= 11 is 6.05. The van der Waals surface area contributed by atoms with Gasteiger partial charge in [0.15, 0.2) is 5.82 Å². The average Bonchev–Trinajstić information content (AvgIpc) is 2.96. The number of amides is 2. The summed E-state index contributed by atoms with van der Waals surface area (Å²) in [6.07, 6.45) is 0. The van der Waals surface area contributed by atoms with Crippen molar-refractivity contribution in [3.05, 3.63) is 40.6 Å². The van der Waals surface area contributed by atoms with Gasteiger partial charge >= 0.3 is 0 Å². The molecule has 0 saturated heterocycles. The number of aryl methyl sites for hydroxylation is 1. The third-order valence-corrected chi connectivity index (χ3v) is 5.77. The largest absolute Gasteiger partial charge is 0.360 e. The van der Waals surface area contributed by atoms with E-state index < -0.39 is 27.4 Å². The first kappa shape index (κ1) is 22.9. The number of nitrogens with one attached hydrogen (secondary N) is 2. The van der Waals surface area contributed by atoms with Crippen LogP contribution in [0.25, 0.3) is 0 Å². The van der Waals surface area contributed by atoms with Gasteiger partial charge in [0.1, 0.15) is 10.7 Å². The topological polar surface area (TPSA) is 122 Å². The molecule has 9 nitrogen and oxygen atoms in total. The van der Waals surface area contributed by atoms with Crippen molar-refractivity contribution in [1.29, 1.82) is 0 Å². The molecule has 0 saturated carbocycles. The van der Waals surface area contributed by atoms with E-state index in [1.54, 1.807) is 27.7 Å². The predicted octanol–water partition coefficient (Wildman–Crippen LogP) is 2.42. The second-order valence-corrected chi connectivity index (χ2v) is 9.59. The number of likely N-dealkylation sites (N-methyl/N-ethyl adjacent to an activating group) is 1. The number of nitrogens with zero attached hydrogens (tertiary/aromatic N) is 2. The first-order valence-electron chi connectivity index (χ1n) is 8.61. The van der Waals surface area contributed by atoms with E-state index in [4.69, 9.17) is 16.1 Å². The summed E-state index contributed by atoms with van der Waals surface area (Å²) in [5.41, 5.74) is -0.646. The Kier molecular flexibility index (Phi) is 6.71. The highest BCUT2D eigenvalue weighted by molar-refractivity contribution is 7.89. The summed E-state index contributed by atoms with van der Waals surface area (Å²) in [4.78, 5) is 25.7. The van der Waals surface area contributed by atoms with Crippen molar-refractivity contribution in [2.75, 3.05) is 18.9 Å². The normalized spacial score (nSPS) is 11.9. The zero-order valence-corrected chi connectivity index (χ0v) is 18.3. The third-order valence-electron chi connectivity index (χ3n) is 3.53. The van der Waals surface area contributed by atoms with Gasteiger partial charge in [0.2, 0.25) is 15.9 Å². The molecule has 0 aliphatic carbocycles. The summed E-state index contributed by atoms with van der Waals surface area (Å²) in [5.74, 6) is -0.254. The summed E-state index contributed by atoms with van der Waals surface area (Å²) in [7, 11) is -2.52. The number of hydrogen-bond donors (Lipinski definition) is 2. The molecule has 2 N–H and O–H groups in total. The second-order valence-electron chi connectivity index (χ2n) is 7.53. The zero-order valence-electron chi connectivity index (χ0n) is 16.7. The van der Waals surface area contributed by atoms with Crippen LogP contribution in [0.1, 0.15) is 36.9 Å². The maximum Gasteiger partial charge on any atom is 0.254 e. The van der Waals surface area contributed by atoms with Crippen molar-refractivity contribution in [2.45, 2.75) is 38.1 Å². The van der Waals surface area contributed by atoms with E-state index in [9.17, 15) is 18.0 Å². The van der Waals surface area contributed by atoms with Gasteiger partial charge in [-0.3, -0.25) is 9.59 Å². The molecule has 0 unspecified atom stereocenters. The molecule has 0 fully saturated rings. The molecule has 0 radical (unpaired) electrons. The molecule has 0 bridgehead atoms. The molecule has 2 amide bonds. The maximum absolute atomic E-state index is 12.7. The fourth-order valence-electron chi connectivity index (χ4n) is 2.42. The lowest BCUT2D eigenvalue weighted by Crippen LogP contribution is -2.40. The number of hydrogen-bond acceptors (Lipinski definition) is 6. The van der Waals surface area contributed by atoms with E-state index >= 15 is 0 Å². The standard InChI is InChI=1S/C18H23ClN4O5S/c1-11-8-15(21-28-11)20-16(24)10-23(5)17(25)12-6-7-13(19)14(9-12)29(26,27)22-18(2,3)4/h6-9,22H,10H2,1-5H3,(H,20,21,24). The number of aromatic nitrogens is 1. The Morgan fingerprint density at radius 3 is 2.45 bits per heavy atom. The van der Waals surface area contributed by atoms with E-state index in [0.717, 1.165) is 4.90 Å². The lowest BCUT2D eigenvalue weighted by atomic mass is 10.1. The van der Waals surface area contributed by atoms with Gasteiger partial charge in [-0.1, -0.05) is 16.8 Å². The molecule has 29 heavy (non-hydrogen) atoms. The Morgan fingerprint density at radius 2 is 1.90 bits per heavy atom. The Hall–Kier alpha value is -2.43. The second kappa shape index (κ2) is 8.52. The number of halogens is 1. The van der Waals surface area contributed by atoms with Crippen LogP contribution in [0, 0.1) is 6.92 Å². The van der Waals surface area contributed by atoms with Gasteiger partial charge in [-0.05, 0) is 45.9 Å². The summed E-state index contributed by atoms with van der Waals surface area (Å²) < 4.78 is 32.5. The van der Waals surface area contributed by atoms with Crippen molar-refractivity contribution in [2.24, 2.45) is 0 Å². The van der Waals surface area contributed by atoms with Crippen molar-refractivity contribution in [3.8, 4) is 0 Å². The summed E-state index contributed by atoms with van der Waals surface area (Å²) in [6, 6.07) is 5.46. The van der Waals surface area contributed by atoms with Gasteiger partial charge in [-0.15, -0.1) is 0 Å². The van der Waals surface area contributed by atoms with Gasteiger partial charge < -0.3 is 14.7 Å². The fraction of sp³-hybridized carbons (Fsp3) is 0.389. The number of rotatable bonds is 6. The molecule has 2 aromatic rings. The van der Waals surface area contributed by atoms with Crippen LogP contribution in [-0.4, -0.2) is 49.4 Å². The molecule has 158 valence electrons. The van der Waals surface area contributed by atoms with Crippen LogP contribution in [0.4, 0.5) is 5.82 Å². The Labute approximate surface area is 174 Å². The number of carbonyl (C=O) groups excluding carboxylic acids is 2. The highest BCUT2D eigenvalue weighted by Gasteiger charge is 2.26. The first-order valence-corrected chi connectivity index (χ1v) is 10.5. The molecule has 1 heterocycles. The molecule has 1 aromatic carbocycles. The van der Waals surface area contributed by atoms with Gasteiger partial charge in [-0.25, -0.2) is 13.1 Å². The van der Waals surface area contributed by atoms with Gasteiger partial charge in [0.05, 0.1) is 11.6 Å². The molecule has 0 aliphatic rings. The lowest BCUT2D eigenvalue weighted by Gasteiger charge is -2.21. The first-order chi connectivity index (χ1) is 13.3. The zero-order chi connectivity index (χ0) is 22.0. The van der Waals surface area contributed by atoms with Gasteiger partial charge in [-0.2, -0.15) is 0 Å². The highest BCUT2D eigenvalue weighted by atomic mass is 35.5. The Morgan fingerprint density at radius 1 is 1.24 bits per heavy atom. The van der Waals surface area contributed by atoms with Crippen LogP contribution < -0.4 is 10.0 Å². The van der Waals surface area contributed by atoms with Crippen LogP contribution >= 0.6 is 11.6 Å². The van der Waals surface area contributed by atoms with Crippen LogP contribution in [-0.2, 0) is 14.8 Å². The van der Waals surface area contributed by atoms with Crippen LogP contribution in [0.3, 0.4) is 0 Å². The summed E-state index contributed by atoms with van der Waals surface area (Å²) in [5, 5.41) is 6.14. The minimum Gasteiger partial charge on any atom is -0.360 e. The van der Waals surface area contributed by atoms with E-state index in [-0.39, 0.29) is 27.8 Å². The minimum absolute atomic E-state index is 0.0138. The van der Waals surface area contributed by atoms with Gasteiger partial charge in [0.25, 0.3) is 5.91 Å². The van der Waals surface area contributed by atoms with Crippen LogP contribution in [0.2, 0.25) is 5.02 Å². The third kappa shape index (κ3) is 6.28. The van der Waals surface area contributed by atoms with Crippen molar-refractivity contribution in [1.82, 2.24) is 14.8 Å². The maximum atomic E-state index is 12.7. The monoisotopic (exact) mass is 442 g/mol. The molecule has 2 rings (SSSR count). The smallest absolute Gasteiger partial charge is 0.254 e. The average molecular weight is 443 g/mol. The minimum atomic E-state index is -3.94. The molecule has 1 aromatic heterocycles. The van der Waals surface area contributed by atoms with E-state index in [2.05, 4.69) is 15.2 Å². The number of carbonyl (C=O) groups is 2. The van der Waals surface area contributed by atoms with Crippen LogP contribution in [0.5, 0.6) is 0 Å². The Balaban J connectivity index is 2.17. The Bertz CT molecular complexity index is 1030. The van der Waals surface area contributed by atoms with Crippen LogP contribution in [0.15, 0.2) is 33.7 Å². The fourth-order valence-corrected chi connectivity index (χ4v) is 4.36. The van der Waals surface area contributed by atoms with Crippen molar-refractivity contribution < 1.29 is 22.5 Å². The van der Waals surface area contributed by atoms with E-state index in [1.165, 1.54) is 31.3 Å². The molecular formula is C18H23ClN4O5S. The molecule has 0 atom stereocenters. The quantitative estimate of drug-likeness (QED) is 0.708. The number of sulfonamides is 1. The molecule has 0 spiro atoms.